The monoisotopic (exact) mass is 316 g/mol. The van der Waals surface area contributed by atoms with E-state index in [-0.39, 0.29) is 18.4 Å². The van der Waals surface area contributed by atoms with Crippen molar-refractivity contribution < 1.29 is 14.7 Å². The Morgan fingerprint density at radius 3 is 2.57 bits per heavy atom. The molecule has 0 bridgehead atoms. The highest BCUT2D eigenvalue weighted by Gasteiger charge is 2.37. The summed E-state index contributed by atoms with van der Waals surface area (Å²) in [5.74, 6) is -1.55. The molecule has 7 heteroatoms. The molecule has 1 aliphatic rings. The third-order valence-electron chi connectivity index (χ3n) is 4.64. The van der Waals surface area contributed by atoms with Crippen molar-refractivity contribution in [1.29, 1.82) is 0 Å². The second kappa shape index (κ2) is 5.33. The fraction of sp³-hybridized carbons (Fsp3) is 0.500. The number of pyridine rings is 1. The minimum Gasteiger partial charge on any atom is -0.481 e. The van der Waals surface area contributed by atoms with Gasteiger partial charge in [0.2, 0.25) is 0 Å². The third kappa shape index (κ3) is 2.46. The van der Waals surface area contributed by atoms with E-state index in [2.05, 4.69) is 10.1 Å². The first-order valence-electron chi connectivity index (χ1n) is 7.62. The van der Waals surface area contributed by atoms with E-state index < -0.39 is 11.9 Å². The maximum Gasteiger partial charge on any atom is 0.308 e. The highest BCUT2D eigenvalue weighted by molar-refractivity contribution is 5.99. The lowest BCUT2D eigenvalue weighted by atomic mass is 9.99. The number of nitrogens with zero attached hydrogens (tertiary/aromatic N) is 4. The van der Waals surface area contributed by atoms with Gasteiger partial charge in [0.15, 0.2) is 5.65 Å². The van der Waals surface area contributed by atoms with Crippen LogP contribution in [0.1, 0.15) is 28.7 Å². The number of aromatic nitrogens is 3. The average Bonchev–Trinajstić information content (AvgIpc) is 2.99. The fourth-order valence-corrected chi connectivity index (χ4v) is 3.27. The van der Waals surface area contributed by atoms with E-state index in [1.807, 2.05) is 27.0 Å². The van der Waals surface area contributed by atoms with Crippen LogP contribution >= 0.6 is 0 Å². The molecule has 2 aromatic rings. The first kappa shape index (κ1) is 15.5. The largest absolute Gasteiger partial charge is 0.481 e. The minimum atomic E-state index is -0.846. The number of amides is 1. The van der Waals surface area contributed by atoms with Crippen molar-refractivity contribution in [3.63, 3.8) is 0 Å². The Hall–Kier alpha value is -2.44. The molecule has 1 N–H and O–H groups in total. The van der Waals surface area contributed by atoms with E-state index >= 15 is 0 Å². The molecular formula is C16H20N4O3. The molecule has 0 aliphatic carbocycles. The van der Waals surface area contributed by atoms with Crippen molar-refractivity contribution in [2.75, 3.05) is 13.1 Å². The van der Waals surface area contributed by atoms with Gasteiger partial charge >= 0.3 is 5.97 Å². The molecule has 0 spiro atoms. The molecule has 0 unspecified atom stereocenters. The van der Waals surface area contributed by atoms with Gasteiger partial charge in [0.05, 0.1) is 22.9 Å². The molecule has 7 nitrogen and oxygen atoms in total. The molecule has 122 valence electrons. The zero-order chi connectivity index (χ0) is 16.9. The molecule has 3 heterocycles. The van der Waals surface area contributed by atoms with Gasteiger partial charge in [-0.05, 0) is 25.8 Å². The van der Waals surface area contributed by atoms with Crippen LogP contribution in [0.5, 0.6) is 0 Å². The zero-order valence-electron chi connectivity index (χ0n) is 13.7. The van der Waals surface area contributed by atoms with Crippen molar-refractivity contribution in [2.45, 2.75) is 20.8 Å². The Kier molecular flexibility index (Phi) is 3.58. The number of carboxylic acids is 1. The van der Waals surface area contributed by atoms with E-state index in [0.717, 1.165) is 16.7 Å². The number of hydrogen-bond acceptors (Lipinski definition) is 4. The Morgan fingerprint density at radius 1 is 1.26 bits per heavy atom. The lowest BCUT2D eigenvalue weighted by molar-refractivity contribution is -0.142. The first-order chi connectivity index (χ1) is 10.8. The van der Waals surface area contributed by atoms with E-state index in [9.17, 15) is 14.7 Å². The predicted octanol–water partition coefficient (Wildman–Crippen LogP) is 1.38. The average molecular weight is 316 g/mol. The van der Waals surface area contributed by atoms with Crippen molar-refractivity contribution in [1.82, 2.24) is 19.7 Å². The molecule has 1 saturated heterocycles. The molecule has 1 aliphatic heterocycles. The summed E-state index contributed by atoms with van der Waals surface area (Å²) >= 11 is 0. The molecule has 0 saturated carbocycles. The maximum atomic E-state index is 12.8. The first-order valence-corrected chi connectivity index (χ1v) is 7.62. The van der Waals surface area contributed by atoms with E-state index in [0.29, 0.717) is 17.8 Å². The molecule has 0 radical (unpaired) electrons. The van der Waals surface area contributed by atoms with Gasteiger partial charge in [0.25, 0.3) is 5.91 Å². The second-order valence-corrected chi connectivity index (χ2v) is 6.33. The molecule has 2 atom stereocenters. The Morgan fingerprint density at radius 2 is 1.96 bits per heavy atom. The molecule has 1 fully saturated rings. The topological polar surface area (TPSA) is 88.3 Å². The lowest BCUT2D eigenvalue weighted by Crippen LogP contribution is -2.30. The number of carbonyl (C=O) groups excluding carboxylic acids is 1. The zero-order valence-corrected chi connectivity index (χ0v) is 13.7. The molecule has 23 heavy (non-hydrogen) atoms. The summed E-state index contributed by atoms with van der Waals surface area (Å²) in [4.78, 5) is 30.2. The molecule has 0 aromatic carbocycles. The van der Waals surface area contributed by atoms with Crippen LogP contribution in [-0.2, 0) is 11.8 Å². The molecule has 3 rings (SSSR count). The van der Waals surface area contributed by atoms with Crippen LogP contribution in [0.4, 0.5) is 0 Å². The second-order valence-electron chi connectivity index (χ2n) is 6.33. The summed E-state index contributed by atoms with van der Waals surface area (Å²) in [7, 11) is 1.82. The number of carboxylic acid groups (broad SMARTS) is 1. The summed E-state index contributed by atoms with van der Waals surface area (Å²) < 4.78 is 1.70. The number of aliphatic carboxylic acids is 1. The molecular weight excluding hydrogens is 296 g/mol. The summed E-state index contributed by atoms with van der Waals surface area (Å²) in [5, 5.41) is 14.4. The smallest absolute Gasteiger partial charge is 0.308 e. The minimum absolute atomic E-state index is 0.0476. The van der Waals surface area contributed by atoms with Gasteiger partial charge in [0.1, 0.15) is 0 Å². The fourth-order valence-electron chi connectivity index (χ4n) is 3.27. The third-order valence-corrected chi connectivity index (χ3v) is 4.64. The number of fused-ring (bicyclic) bond motifs is 1. The van der Waals surface area contributed by atoms with Crippen LogP contribution in [0.2, 0.25) is 0 Å². The standard InChI is InChI=1S/C16H20N4O3/c1-8-6-20(7-13(8)16(22)23)15(21)12-5-11-10(3)18-19(4)14(11)17-9(12)2/h5,8,13H,6-7H2,1-4H3,(H,22,23)/t8-,13-/m1/s1. The van der Waals surface area contributed by atoms with Gasteiger partial charge in [-0.15, -0.1) is 0 Å². The quantitative estimate of drug-likeness (QED) is 0.904. The van der Waals surface area contributed by atoms with Gasteiger partial charge in [-0.3, -0.25) is 14.3 Å². The number of likely N-dealkylation sites (tertiary alicyclic amines) is 1. The van der Waals surface area contributed by atoms with Crippen LogP contribution in [-0.4, -0.2) is 49.7 Å². The Labute approximate surface area is 133 Å². The van der Waals surface area contributed by atoms with E-state index in [1.54, 1.807) is 16.5 Å². The summed E-state index contributed by atoms with van der Waals surface area (Å²) in [6.07, 6.45) is 0. The predicted molar refractivity (Wildman–Crippen MR) is 84.2 cm³/mol. The van der Waals surface area contributed by atoms with Gasteiger partial charge in [0, 0.05) is 25.5 Å². The van der Waals surface area contributed by atoms with Gasteiger partial charge in [-0.1, -0.05) is 6.92 Å². The van der Waals surface area contributed by atoms with Crippen molar-refractivity contribution >= 4 is 22.9 Å². The summed E-state index contributed by atoms with van der Waals surface area (Å²) in [6.45, 7) is 6.25. The van der Waals surface area contributed by atoms with E-state index in [4.69, 9.17) is 0 Å². The van der Waals surface area contributed by atoms with Crippen molar-refractivity contribution in [2.24, 2.45) is 18.9 Å². The van der Waals surface area contributed by atoms with E-state index in [1.165, 1.54) is 0 Å². The van der Waals surface area contributed by atoms with Crippen molar-refractivity contribution in [3.05, 3.63) is 23.0 Å². The maximum absolute atomic E-state index is 12.8. The van der Waals surface area contributed by atoms with Gasteiger partial charge in [-0.2, -0.15) is 5.10 Å². The number of carbonyl (C=O) groups is 2. The summed E-state index contributed by atoms with van der Waals surface area (Å²) in [6, 6.07) is 1.82. The van der Waals surface area contributed by atoms with Crippen LogP contribution < -0.4 is 0 Å². The molecule has 1 amide bonds. The molecule has 2 aromatic heterocycles. The van der Waals surface area contributed by atoms with Crippen LogP contribution in [0, 0.1) is 25.7 Å². The highest BCUT2D eigenvalue weighted by atomic mass is 16.4. The van der Waals surface area contributed by atoms with Crippen LogP contribution in [0.3, 0.4) is 0 Å². The number of aryl methyl sites for hydroxylation is 3. The van der Waals surface area contributed by atoms with Gasteiger partial charge in [-0.25, -0.2) is 4.98 Å². The highest BCUT2D eigenvalue weighted by Crippen LogP contribution is 2.26. The Bertz CT molecular complexity index is 811. The normalized spacial score (nSPS) is 21.1. The van der Waals surface area contributed by atoms with Gasteiger partial charge < -0.3 is 10.0 Å². The summed E-state index contributed by atoms with van der Waals surface area (Å²) in [5.41, 5.74) is 2.72. The Balaban J connectivity index is 1.97. The number of hydrogen-bond donors (Lipinski definition) is 1. The lowest BCUT2D eigenvalue weighted by Gasteiger charge is -2.17. The SMILES string of the molecule is Cc1nc2c(cc1C(=O)N1C[C@@H](C)[C@H](C(=O)O)C1)c(C)nn2C. The number of rotatable bonds is 2. The van der Waals surface area contributed by atoms with Crippen LogP contribution in [0.15, 0.2) is 6.07 Å². The van der Waals surface area contributed by atoms with Crippen LogP contribution in [0.25, 0.3) is 11.0 Å². The van der Waals surface area contributed by atoms with Crippen molar-refractivity contribution in [3.8, 4) is 0 Å².